The van der Waals surface area contributed by atoms with E-state index in [1.807, 2.05) is 0 Å². The Balaban J connectivity index is 2.13. The zero-order chi connectivity index (χ0) is 21.3. The van der Waals surface area contributed by atoms with Crippen molar-refractivity contribution in [3.8, 4) is 5.75 Å². The molecule has 0 aliphatic carbocycles. The fraction of sp³-hybridized carbons (Fsp3) is 0.294. The van der Waals surface area contributed by atoms with Crippen LogP contribution in [0.4, 0.5) is 11.4 Å². The van der Waals surface area contributed by atoms with Gasteiger partial charge in [0.25, 0.3) is 11.4 Å². The van der Waals surface area contributed by atoms with Gasteiger partial charge in [0, 0.05) is 30.0 Å². The van der Waals surface area contributed by atoms with Gasteiger partial charge in [0.1, 0.15) is 11.3 Å². The summed E-state index contributed by atoms with van der Waals surface area (Å²) in [5.41, 5.74) is -0.787. The minimum atomic E-state index is -4.24. The number of sulfonamides is 1. The first-order valence-corrected chi connectivity index (χ1v) is 10.9. The van der Waals surface area contributed by atoms with Gasteiger partial charge in [-0.2, -0.15) is 4.31 Å². The van der Waals surface area contributed by atoms with Gasteiger partial charge < -0.3 is 4.74 Å². The third-order valence-electron chi connectivity index (χ3n) is 4.58. The number of thioether (sulfide) groups is 1. The maximum absolute atomic E-state index is 13.3. The summed E-state index contributed by atoms with van der Waals surface area (Å²) < 4.78 is 33.1. The van der Waals surface area contributed by atoms with E-state index in [1.54, 1.807) is 24.3 Å². The molecule has 0 saturated carbocycles. The first-order valence-electron chi connectivity index (χ1n) is 8.38. The van der Waals surface area contributed by atoms with Gasteiger partial charge in [-0.05, 0) is 13.0 Å². The highest BCUT2D eigenvalue weighted by atomic mass is 32.2. The van der Waals surface area contributed by atoms with Crippen LogP contribution >= 0.6 is 11.8 Å². The van der Waals surface area contributed by atoms with Crippen molar-refractivity contribution < 1.29 is 23.0 Å². The minimum Gasteiger partial charge on any atom is -0.496 e. The monoisotopic (exact) mass is 439 g/mol. The molecule has 1 saturated heterocycles. The Morgan fingerprint density at radius 2 is 1.72 bits per heavy atom. The molecular weight excluding hydrogens is 422 g/mol. The highest BCUT2D eigenvalue weighted by Gasteiger charge is 2.40. The molecule has 1 aliphatic rings. The molecule has 1 heterocycles. The summed E-state index contributed by atoms with van der Waals surface area (Å²) in [6.45, 7) is 1.38. The number of rotatable bonds is 6. The summed E-state index contributed by atoms with van der Waals surface area (Å²) in [5.74, 6) is 1.01. The molecule has 10 nitrogen and oxygen atoms in total. The average molecular weight is 439 g/mol. The van der Waals surface area contributed by atoms with E-state index in [9.17, 15) is 28.6 Å². The normalized spacial score (nSPS) is 17.2. The molecule has 1 fully saturated rings. The number of benzene rings is 2. The molecule has 154 valence electrons. The lowest BCUT2D eigenvalue weighted by molar-refractivity contribution is -0.395. The molecule has 0 aromatic heterocycles. The largest absolute Gasteiger partial charge is 0.496 e. The first kappa shape index (κ1) is 21.0. The van der Waals surface area contributed by atoms with Crippen LogP contribution in [-0.4, -0.2) is 42.0 Å². The van der Waals surface area contributed by atoms with Gasteiger partial charge in [0.05, 0.1) is 27.2 Å². The average Bonchev–Trinajstić information content (AvgIpc) is 3.18. The Bertz CT molecular complexity index is 1050. The number of nitrogens with zero attached hydrogens (tertiary/aromatic N) is 3. The van der Waals surface area contributed by atoms with Gasteiger partial charge in [0.15, 0.2) is 0 Å². The van der Waals surface area contributed by atoms with Crippen LogP contribution < -0.4 is 4.74 Å². The molecule has 0 radical (unpaired) electrons. The van der Waals surface area contributed by atoms with E-state index in [2.05, 4.69) is 0 Å². The van der Waals surface area contributed by atoms with Crippen LogP contribution in [-0.2, 0) is 10.0 Å². The van der Waals surface area contributed by atoms with Crippen molar-refractivity contribution in [3.05, 3.63) is 67.8 Å². The summed E-state index contributed by atoms with van der Waals surface area (Å²) in [6, 6.07) is 8.71. The van der Waals surface area contributed by atoms with Crippen LogP contribution in [0.25, 0.3) is 0 Å². The van der Waals surface area contributed by atoms with Crippen molar-refractivity contribution in [2.24, 2.45) is 0 Å². The standard InChI is InChI=1S/C17H17N3O7S2/c1-11-14(19(21)22)9-12(10-15(11)20(23)24)29(25,26)18-7-8-28-17(18)13-5-3-4-6-16(13)27-2/h3-6,9-10,17H,7-8H2,1-2H3/t17-/m1/s1. The number of hydrogen-bond donors (Lipinski definition) is 0. The summed E-state index contributed by atoms with van der Waals surface area (Å²) in [6.07, 6.45) is 0. The molecule has 2 aromatic carbocycles. The predicted octanol–water partition coefficient (Wildman–Crippen LogP) is 3.26. The third kappa shape index (κ3) is 3.78. The molecular formula is C17H17N3O7S2. The van der Waals surface area contributed by atoms with Crippen molar-refractivity contribution in [3.63, 3.8) is 0 Å². The molecule has 1 aliphatic heterocycles. The van der Waals surface area contributed by atoms with Crippen LogP contribution in [0.1, 0.15) is 16.5 Å². The van der Waals surface area contributed by atoms with Gasteiger partial charge >= 0.3 is 0 Å². The van der Waals surface area contributed by atoms with E-state index in [1.165, 1.54) is 30.1 Å². The molecule has 0 spiro atoms. The Kier molecular flexibility index (Phi) is 5.78. The van der Waals surface area contributed by atoms with Crippen LogP contribution in [0, 0.1) is 27.2 Å². The Hall–Kier alpha value is -2.70. The van der Waals surface area contributed by atoms with Gasteiger partial charge in [-0.15, -0.1) is 11.8 Å². The molecule has 0 amide bonds. The maximum Gasteiger partial charge on any atom is 0.280 e. The zero-order valence-electron chi connectivity index (χ0n) is 15.5. The van der Waals surface area contributed by atoms with Gasteiger partial charge in [-0.25, -0.2) is 8.42 Å². The summed E-state index contributed by atoms with van der Waals surface area (Å²) in [7, 11) is -2.77. The number of methoxy groups -OCH3 is 1. The number of nitro groups is 2. The van der Waals surface area contributed by atoms with E-state index < -0.39 is 41.5 Å². The molecule has 1 atom stereocenters. The van der Waals surface area contributed by atoms with E-state index in [-0.39, 0.29) is 12.1 Å². The van der Waals surface area contributed by atoms with Crippen molar-refractivity contribution in [1.29, 1.82) is 0 Å². The quantitative estimate of drug-likeness (QED) is 0.495. The fourth-order valence-corrected chi connectivity index (χ4v) is 6.44. The van der Waals surface area contributed by atoms with Crippen LogP contribution in [0.2, 0.25) is 0 Å². The fourth-order valence-electron chi connectivity index (χ4n) is 3.14. The molecule has 2 aromatic rings. The second kappa shape index (κ2) is 7.97. The van der Waals surface area contributed by atoms with Gasteiger partial charge in [0.2, 0.25) is 10.0 Å². The summed E-state index contributed by atoms with van der Waals surface area (Å²) in [5, 5.41) is 22.0. The van der Waals surface area contributed by atoms with E-state index in [0.29, 0.717) is 17.1 Å². The number of nitro benzene ring substituents is 2. The van der Waals surface area contributed by atoms with E-state index in [4.69, 9.17) is 4.74 Å². The van der Waals surface area contributed by atoms with Gasteiger partial charge in [-0.1, -0.05) is 18.2 Å². The second-order valence-corrected chi connectivity index (χ2v) is 9.26. The SMILES string of the molecule is COc1ccccc1[C@H]1SCCN1S(=O)(=O)c1cc([N+](=O)[O-])c(C)c([N+](=O)[O-])c1. The third-order valence-corrected chi connectivity index (χ3v) is 7.80. The number of hydrogen-bond acceptors (Lipinski definition) is 8. The smallest absolute Gasteiger partial charge is 0.280 e. The van der Waals surface area contributed by atoms with Crippen molar-refractivity contribution >= 4 is 33.2 Å². The topological polar surface area (TPSA) is 133 Å². The van der Waals surface area contributed by atoms with Crippen molar-refractivity contribution in [2.45, 2.75) is 17.2 Å². The lowest BCUT2D eigenvalue weighted by atomic mass is 10.1. The highest BCUT2D eigenvalue weighted by Crippen LogP contribution is 2.45. The highest BCUT2D eigenvalue weighted by molar-refractivity contribution is 8.01. The minimum absolute atomic E-state index is 0.158. The molecule has 0 N–H and O–H groups in total. The Morgan fingerprint density at radius 1 is 1.14 bits per heavy atom. The van der Waals surface area contributed by atoms with Crippen LogP contribution in [0.15, 0.2) is 41.3 Å². The summed E-state index contributed by atoms with van der Waals surface area (Å²) >= 11 is 1.38. The molecule has 0 bridgehead atoms. The lowest BCUT2D eigenvalue weighted by Crippen LogP contribution is -2.31. The maximum atomic E-state index is 13.3. The van der Waals surface area contributed by atoms with Crippen molar-refractivity contribution in [1.82, 2.24) is 4.31 Å². The van der Waals surface area contributed by atoms with E-state index in [0.717, 1.165) is 12.1 Å². The molecule has 12 heteroatoms. The predicted molar refractivity (Wildman–Crippen MR) is 107 cm³/mol. The molecule has 29 heavy (non-hydrogen) atoms. The second-order valence-electron chi connectivity index (χ2n) is 6.18. The molecule has 0 unspecified atom stereocenters. The van der Waals surface area contributed by atoms with E-state index >= 15 is 0 Å². The Morgan fingerprint density at radius 3 is 2.28 bits per heavy atom. The van der Waals surface area contributed by atoms with Crippen molar-refractivity contribution in [2.75, 3.05) is 19.4 Å². The number of para-hydroxylation sites is 1. The van der Waals surface area contributed by atoms with Crippen LogP contribution in [0.5, 0.6) is 5.75 Å². The number of ether oxygens (including phenoxy) is 1. The summed E-state index contributed by atoms with van der Waals surface area (Å²) in [4.78, 5) is 20.5. The lowest BCUT2D eigenvalue weighted by Gasteiger charge is -2.24. The van der Waals surface area contributed by atoms with Crippen LogP contribution in [0.3, 0.4) is 0 Å². The van der Waals surface area contributed by atoms with Gasteiger partial charge in [-0.3, -0.25) is 20.2 Å². The first-order chi connectivity index (χ1) is 13.7. The molecule has 3 rings (SSSR count). The Labute approximate surface area is 170 Å². The zero-order valence-corrected chi connectivity index (χ0v) is 17.1.